The third-order valence-corrected chi connectivity index (χ3v) is 3.67. The highest BCUT2D eigenvalue weighted by molar-refractivity contribution is 7.99. The fourth-order valence-corrected chi connectivity index (χ4v) is 2.23. The minimum absolute atomic E-state index is 0.276. The highest BCUT2D eigenvalue weighted by atomic mass is 35.5. The van der Waals surface area contributed by atoms with Crippen molar-refractivity contribution in [2.75, 3.05) is 5.75 Å². The van der Waals surface area contributed by atoms with Crippen molar-refractivity contribution in [1.82, 2.24) is 0 Å². The Hall–Kier alpha value is -1.20. The van der Waals surface area contributed by atoms with E-state index >= 15 is 0 Å². The molecule has 0 fully saturated rings. The van der Waals surface area contributed by atoms with Gasteiger partial charge in [-0.05, 0) is 43.4 Å². The fraction of sp³-hybridized carbons (Fsp3) is 0.385. The van der Waals surface area contributed by atoms with Crippen LogP contribution in [0.1, 0.15) is 19.8 Å². The highest BCUT2D eigenvalue weighted by Crippen LogP contribution is 2.21. The number of halogens is 1. The summed E-state index contributed by atoms with van der Waals surface area (Å²) in [6.45, 7) is 1.46. The molecule has 0 radical (unpaired) electrons. The summed E-state index contributed by atoms with van der Waals surface area (Å²) >= 11 is 7.42. The molecule has 1 amide bonds. The van der Waals surface area contributed by atoms with Gasteiger partial charge in [-0.3, -0.25) is 9.59 Å². The summed E-state index contributed by atoms with van der Waals surface area (Å²) in [5.74, 6) is -0.242. The average molecular weight is 302 g/mol. The molecule has 0 aliphatic rings. The monoisotopic (exact) mass is 301 g/mol. The van der Waals surface area contributed by atoms with Crippen LogP contribution in [0.15, 0.2) is 29.2 Å². The summed E-state index contributed by atoms with van der Waals surface area (Å²) in [5.41, 5.74) is 5.00. The van der Waals surface area contributed by atoms with Crippen molar-refractivity contribution in [3.63, 3.8) is 0 Å². The van der Waals surface area contributed by atoms with Gasteiger partial charge in [-0.2, -0.15) is 0 Å². The maximum absolute atomic E-state index is 11.4. The van der Waals surface area contributed by atoms with Crippen LogP contribution >= 0.6 is 23.4 Å². The average Bonchev–Trinajstić information content (AvgIpc) is 2.36. The number of nitrogens with two attached hydrogens (primary N) is 1. The van der Waals surface area contributed by atoms with Gasteiger partial charge in [0.05, 0.1) is 0 Å². The van der Waals surface area contributed by atoms with Crippen LogP contribution in [-0.4, -0.2) is 23.7 Å². The van der Waals surface area contributed by atoms with Gasteiger partial charge < -0.3 is 10.5 Å². The van der Waals surface area contributed by atoms with Crippen molar-refractivity contribution >= 4 is 35.2 Å². The van der Waals surface area contributed by atoms with Crippen LogP contribution in [0.25, 0.3) is 0 Å². The number of hydrogen-bond donors (Lipinski definition) is 1. The van der Waals surface area contributed by atoms with E-state index in [9.17, 15) is 9.59 Å². The lowest BCUT2D eigenvalue weighted by Crippen LogP contribution is -2.30. The number of benzene rings is 1. The summed E-state index contributed by atoms with van der Waals surface area (Å²) in [7, 11) is 0. The molecule has 0 bridgehead atoms. The molecule has 2 N–H and O–H groups in total. The molecule has 0 aliphatic carbocycles. The van der Waals surface area contributed by atoms with E-state index in [-0.39, 0.29) is 6.42 Å². The molecule has 1 atom stereocenters. The Kier molecular flexibility index (Phi) is 6.73. The maximum Gasteiger partial charge on any atom is 0.306 e. The number of esters is 1. The van der Waals surface area contributed by atoms with Crippen LogP contribution in [0.2, 0.25) is 5.02 Å². The van der Waals surface area contributed by atoms with E-state index in [1.54, 1.807) is 11.8 Å². The number of amides is 1. The molecule has 19 heavy (non-hydrogen) atoms. The zero-order chi connectivity index (χ0) is 14.3. The zero-order valence-electron chi connectivity index (χ0n) is 10.6. The summed E-state index contributed by atoms with van der Waals surface area (Å²) in [4.78, 5) is 23.2. The Morgan fingerprint density at radius 1 is 1.37 bits per heavy atom. The lowest BCUT2D eigenvalue weighted by molar-refractivity contribution is -0.153. The molecule has 0 heterocycles. The van der Waals surface area contributed by atoms with E-state index in [0.717, 1.165) is 10.6 Å². The van der Waals surface area contributed by atoms with Crippen LogP contribution in [0, 0.1) is 0 Å². The van der Waals surface area contributed by atoms with Gasteiger partial charge in [0, 0.05) is 16.3 Å². The molecule has 1 aromatic rings. The predicted octanol–water partition coefficient (Wildman–Crippen LogP) is 2.63. The SMILES string of the molecule is C[C@@H](OC(=O)CCCSc1ccc(Cl)cc1)C(N)=O. The number of hydrogen-bond acceptors (Lipinski definition) is 4. The van der Waals surface area contributed by atoms with Crippen molar-refractivity contribution < 1.29 is 14.3 Å². The summed E-state index contributed by atoms with van der Waals surface area (Å²) in [6, 6.07) is 7.51. The van der Waals surface area contributed by atoms with Crippen LogP contribution in [0.4, 0.5) is 0 Å². The van der Waals surface area contributed by atoms with Gasteiger partial charge in [-0.15, -0.1) is 11.8 Å². The first-order valence-electron chi connectivity index (χ1n) is 5.86. The van der Waals surface area contributed by atoms with Gasteiger partial charge >= 0.3 is 5.97 Å². The van der Waals surface area contributed by atoms with E-state index in [1.165, 1.54) is 6.92 Å². The van der Waals surface area contributed by atoms with Crippen molar-refractivity contribution in [2.24, 2.45) is 5.73 Å². The number of ether oxygens (including phenoxy) is 1. The molecule has 1 aromatic carbocycles. The van der Waals surface area contributed by atoms with Gasteiger partial charge in [0.25, 0.3) is 5.91 Å². The van der Waals surface area contributed by atoms with Gasteiger partial charge in [-0.1, -0.05) is 11.6 Å². The second-order valence-corrected chi connectivity index (χ2v) is 5.55. The molecule has 0 saturated carbocycles. The first-order chi connectivity index (χ1) is 8.99. The number of primary amides is 1. The maximum atomic E-state index is 11.4. The van der Waals surface area contributed by atoms with Gasteiger partial charge in [0.15, 0.2) is 6.10 Å². The third-order valence-electron chi connectivity index (χ3n) is 2.32. The lowest BCUT2D eigenvalue weighted by atomic mass is 10.3. The first-order valence-corrected chi connectivity index (χ1v) is 7.22. The molecular weight excluding hydrogens is 286 g/mol. The number of rotatable bonds is 7. The number of carbonyl (C=O) groups is 2. The molecule has 104 valence electrons. The quantitative estimate of drug-likeness (QED) is 0.477. The van der Waals surface area contributed by atoms with Crippen LogP contribution in [0.5, 0.6) is 0 Å². The standard InChI is InChI=1S/C13H16ClNO3S/c1-9(13(15)17)18-12(16)3-2-8-19-11-6-4-10(14)5-7-11/h4-7,9H,2-3,8H2,1H3,(H2,15,17)/t9-/m1/s1. The Morgan fingerprint density at radius 3 is 2.58 bits per heavy atom. The Bertz CT molecular complexity index is 436. The minimum Gasteiger partial charge on any atom is -0.453 e. The third kappa shape index (κ3) is 6.50. The lowest BCUT2D eigenvalue weighted by Gasteiger charge is -2.09. The fourth-order valence-electron chi connectivity index (χ4n) is 1.25. The molecule has 4 nitrogen and oxygen atoms in total. The molecule has 0 spiro atoms. The second kappa shape index (κ2) is 8.07. The predicted molar refractivity (Wildman–Crippen MR) is 76.2 cm³/mol. The molecule has 0 aliphatic heterocycles. The van der Waals surface area contributed by atoms with Crippen LogP contribution in [0.3, 0.4) is 0 Å². The molecule has 0 saturated heterocycles. The summed E-state index contributed by atoms with van der Waals surface area (Å²) in [6.07, 6.45) is 0.0898. The zero-order valence-corrected chi connectivity index (χ0v) is 12.2. The minimum atomic E-state index is -0.864. The molecule has 6 heteroatoms. The first kappa shape index (κ1) is 15.9. The van der Waals surface area contributed by atoms with Crippen LogP contribution in [-0.2, 0) is 14.3 Å². The molecular formula is C13H16ClNO3S. The normalized spacial score (nSPS) is 11.9. The van der Waals surface area contributed by atoms with Gasteiger partial charge in [0.2, 0.25) is 0 Å². The van der Waals surface area contributed by atoms with E-state index in [1.807, 2.05) is 24.3 Å². The van der Waals surface area contributed by atoms with E-state index in [2.05, 4.69) is 0 Å². The van der Waals surface area contributed by atoms with Gasteiger partial charge in [-0.25, -0.2) is 0 Å². The number of thioether (sulfide) groups is 1. The molecule has 0 aromatic heterocycles. The molecule has 1 rings (SSSR count). The van der Waals surface area contributed by atoms with E-state index in [0.29, 0.717) is 11.4 Å². The van der Waals surface area contributed by atoms with Crippen molar-refractivity contribution in [2.45, 2.75) is 30.8 Å². The Balaban J connectivity index is 2.18. The van der Waals surface area contributed by atoms with Crippen molar-refractivity contribution in [3.8, 4) is 0 Å². The van der Waals surface area contributed by atoms with Crippen LogP contribution < -0.4 is 5.73 Å². The highest BCUT2D eigenvalue weighted by Gasteiger charge is 2.13. The largest absolute Gasteiger partial charge is 0.453 e. The second-order valence-electron chi connectivity index (χ2n) is 3.94. The van der Waals surface area contributed by atoms with Crippen molar-refractivity contribution in [3.05, 3.63) is 29.3 Å². The van der Waals surface area contributed by atoms with E-state index < -0.39 is 18.0 Å². The summed E-state index contributed by atoms with van der Waals surface area (Å²) < 4.78 is 4.84. The van der Waals surface area contributed by atoms with Gasteiger partial charge in [0.1, 0.15) is 0 Å². The molecule has 0 unspecified atom stereocenters. The Morgan fingerprint density at radius 2 is 2.00 bits per heavy atom. The number of carbonyl (C=O) groups excluding carboxylic acids is 2. The van der Waals surface area contributed by atoms with E-state index in [4.69, 9.17) is 22.1 Å². The topological polar surface area (TPSA) is 69.4 Å². The summed E-state index contributed by atoms with van der Waals surface area (Å²) in [5, 5.41) is 0.702. The Labute approximate surface area is 121 Å². The smallest absolute Gasteiger partial charge is 0.306 e. The van der Waals surface area contributed by atoms with Crippen molar-refractivity contribution in [1.29, 1.82) is 0 Å².